The van der Waals surface area contributed by atoms with Crippen LogP contribution in [0.3, 0.4) is 0 Å². The van der Waals surface area contributed by atoms with Gasteiger partial charge in [-0.25, -0.2) is 0 Å². The number of aliphatic hydroxyl groups is 4. The molecule has 0 aliphatic heterocycles. The number of likely N-dealkylation sites (N-methyl/N-ethyl adjacent to an activating group) is 1. The van der Waals surface area contributed by atoms with Crippen LogP contribution < -0.4 is 5.73 Å². The molecule has 11 heteroatoms. The lowest BCUT2D eigenvalue weighted by atomic mass is 9.57. The van der Waals surface area contributed by atoms with Gasteiger partial charge in [0.15, 0.2) is 11.4 Å². The Kier molecular flexibility index (Phi) is 4.90. The minimum absolute atomic E-state index is 0.00251. The minimum Gasteiger partial charge on any atom is -0.508 e. The van der Waals surface area contributed by atoms with Crippen LogP contribution in [0.2, 0.25) is 5.02 Å². The highest BCUT2D eigenvalue weighted by Crippen LogP contribution is 2.56. The van der Waals surface area contributed by atoms with Gasteiger partial charge in [-0.2, -0.15) is 0 Å². The standard InChI is InChI=1S/C21H21ClN2O8/c1-24(2)14-7-5-6-10(16(27)12-9(25)4-3-8(22)11(12)15(6)26)18(29)21(7,32)19(30)13(17(14)28)20(23)31/h3-4,6-7,14-15,25-27,30,32H,5H2,1-2H3,(H2,23,31)/t6?,7?,14-,15?,21?/m1/s1. The van der Waals surface area contributed by atoms with Gasteiger partial charge >= 0.3 is 0 Å². The summed E-state index contributed by atoms with van der Waals surface area (Å²) < 4.78 is 0. The maximum absolute atomic E-state index is 13.6. The molecule has 0 saturated heterocycles. The molecule has 4 unspecified atom stereocenters. The van der Waals surface area contributed by atoms with Gasteiger partial charge in [-0.1, -0.05) is 11.6 Å². The zero-order valence-electron chi connectivity index (χ0n) is 17.0. The van der Waals surface area contributed by atoms with Crippen LogP contribution in [-0.4, -0.2) is 73.6 Å². The zero-order chi connectivity index (χ0) is 23.9. The highest BCUT2D eigenvalue weighted by molar-refractivity contribution is 6.32. The maximum atomic E-state index is 13.6. The molecule has 10 nitrogen and oxygen atoms in total. The van der Waals surface area contributed by atoms with E-state index in [-0.39, 0.29) is 22.6 Å². The Morgan fingerprint density at radius 2 is 1.84 bits per heavy atom. The van der Waals surface area contributed by atoms with Crippen LogP contribution in [0, 0.1) is 11.8 Å². The summed E-state index contributed by atoms with van der Waals surface area (Å²) in [6.45, 7) is 0. The number of hydrogen-bond donors (Lipinski definition) is 6. The number of benzene rings is 1. The number of halogens is 1. The molecule has 0 radical (unpaired) electrons. The van der Waals surface area contributed by atoms with Crippen LogP contribution in [0.5, 0.6) is 5.75 Å². The fraction of sp³-hybridized carbons (Fsp3) is 0.381. The average molecular weight is 465 g/mol. The van der Waals surface area contributed by atoms with Crippen LogP contribution in [0.4, 0.5) is 0 Å². The number of ketones is 2. The number of aliphatic hydroxyl groups excluding tert-OH is 3. The number of amides is 1. The lowest BCUT2D eigenvalue weighted by molar-refractivity contribution is -0.155. The Morgan fingerprint density at radius 3 is 2.41 bits per heavy atom. The van der Waals surface area contributed by atoms with Crippen LogP contribution in [0.1, 0.15) is 23.7 Å². The molecule has 3 aliphatic rings. The Labute approximate surface area is 186 Å². The van der Waals surface area contributed by atoms with Crippen LogP contribution in [-0.2, 0) is 14.4 Å². The molecule has 1 aromatic rings. The normalized spacial score (nSPS) is 32.1. The fourth-order valence-electron chi connectivity index (χ4n) is 5.24. The molecule has 1 aromatic carbocycles. The van der Waals surface area contributed by atoms with Gasteiger partial charge in [0.25, 0.3) is 5.91 Å². The van der Waals surface area contributed by atoms with Gasteiger partial charge in [0.05, 0.1) is 17.7 Å². The number of nitrogens with two attached hydrogens (primary N) is 1. The molecule has 0 bridgehead atoms. The summed E-state index contributed by atoms with van der Waals surface area (Å²) in [6, 6.07) is 1.25. The van der Waals surface area contributed by atoms with E-state index < -0.39 is 75.5 Å². The molecule has 1 saturated carbocycles. The summed E-state index contributed by atoms with van der Waals surface area (Å²) in [7, 11) is 2.97. The summed E-state index contributed by atoms with van der Waals surface area (Å²) in [5.41, 5.74) is 0.845. The number of phenols is 1. The van der Waals surface area contributed by atoms with E-state index >= 15 is 0 Å². The Balaban J connectivity index is 2.03. The van der Waals surface area contributed by atoms with E-state index in [1.54, 1.807) is 0 Å². The molecule has 0 spiro atoms. The number of carbonyl (C=O) groups is 3. The third-order valence-corrected chi connectivity index (χ3v) is 6.97. The largest absolute Gasteiger partial charge is 0.508 e. The summed E-state index contributed by atoms with van der Waals surface area (Å²) in [5, 5.41) is 54.4. The molecule has 0 aromatic heterocycles. The van der Waals surface area contributed by atoms with Crippen molar-refractivity contribution in [2.75, 3.05) is 14.1 Å². The fourth-order valence-corrected chi connectivity index (χ4v) is 5.51. The summed E-state index contributed by atoms with van der Waals surface area (Å²) in [5.74, 6) is -8.19. The maximum Gasteiger partial charge on any atom is 0.255 e. The van der Waals surface area contributed by atoms with Gasteiger partial charge in [0.1, 0.15) is 22.8 Å². The van der Waals surface area contributed by atoms with E-state index in [0.717, 1.165) is 0 Å². The second kappa shape index (κ2) is 7.04. The summed E-state index contributed by atoms with van der Waals surface area (Å²) in [6.07, 6.45) is -1.70. The lowest BCUT2D eigenvalue weighted by Crippen LogP contribution is -2.66. The average Bonchev–Trinajstić information content (AvgIpc) is 2.69. The van der Waals surface area contributed by atoms with Crippen molar-refractivity contribution in [2.24, 2.45) is 17.6 Å². The van der Waals surface area contributed by atoms with Crippen molar-refractivity contribution in [1.29, 1.82) is 0 Å². The van der Waals surface area contributed by atoms with Gasteiger partial charge < -0.3 is 31.3 Å². The Hall–Kier alpha value is -2.92. The molecule has 1 fully saturated rings. The lowest BCUT2D eigenvalue weighted by Gasteiger charge is -2.51. The molecule has 0 heterocycles. The molecule has 5 atom stereocenters. The number of Topliss-reactive ketones (excluding diaryl/α,β-unsaturated/α-hetero) is 2. The van der Waals surface area contributed by atoms with Gasteiger partial charge in [-0.15, -0.1) is 0 Å². The molecule has 32 heavy (non-hydrogen) atoms. The van der Waals surface area contributed by atoms with Crippen molar-refractivity contribution in [3.05, 3.63) is 45.2 Å². The smallest absolute Gasteiger partial charge is 0.255 e. The van der Waals surface area contributed by atoms with Crippen molar-refractivity contribution in [1.82, 2.24) is 4.90 Å². The first-order valence-corrected chi connectivity index (χ1v) is 10.1. The molecule has 1 amide bonds. The Morgan fingerprint density at radius 1 is 1.22 bits per heavy atom. The molecular formula is C21H21ClN2O8. The van der Waals surface area contributed by atoms with Gasteiger partial charge in [-0.3, -0.25) is 19.3 Å². The van der Waals surface area contributed by atoms with Crippen molar-refractivity contribution >= 4 is 34.8 Å². The van der Waals surface area contributed by atoms with Crippen LogP contribution in [0.25, 0.3) is 5.76 Å². The quantitative estimate of drug-likeness (QED) is 0.331. The predicted molar refractivity (Wildman–Crippen MR) is 111 cm³/mol. The number of carbonyl (C=O) groups excluding carboxylic acids is 3. The number of phenolic OH excluding ortho intramolecular Hbond substituents is 1. The van der Waals surface area contributed by atoms with Gasteiger partial charge in [0.2, 0.25) is 5.78 Å². The van der Waals surface area contributed by atoms with Crippen molar-refractivity contribution < 1.29 is 39.9 Å². The molecular weight excluding hydrogens is 444 g/mol. The molecule has 7 N–H and O–H groups in total. The summed E-state index contributed by atoms with van der Waals surface area (Å²) >= 11 is 6.19. The summed E-state index contributed by atoms with van der Waals surface area (Å²) in [4.78, 5) is 39.8. The minimum atomic E-state index is -2.77. The zero-order valence-corrected chi connectivity index (χ0v) is 17.8. The first kappa shape index (κ1) is 22.3. The van der Waals surface area contributed by atoms with Crippen LogP contribution in [0.15, 0.2) is 29.0 Å². The second-order valence-electron chi connectivity index (χ2n) is 8.47. The second-order valence-corrected chi connectivity index (χ2v) is 8.87. The van der Waals surface area contributed by atoms with Crippen molar-refractivity contribution in [2.45, 2.75) is 24.2 Å². The number of aromatic hydroxyl groups is 1. The van der Waals surface area contributed by atoms with Crippen molar-refractivity contribution in [3.63, 3.8) is 0 Å². The van der Waals surface area contributed by atoms with E-state index in [1.807, 2.05) is 0 Å². The third-order valence-electron chi connectivity index (χ3n) is 6.64. The Bertz CT molecular complexity index is 1160. The number of fused-ring (bicyclic) bond motifs is 3. The number of nitrogens with zero attached hydrogens (tertiary/aromatic N) is 1. The van der Waals surface area contributed by atoms with Gasteiger partial charge in [0, 0.05) is 28.0 Å². The van der Waals surface area contributed by atoms with E-state index in [1.165, 1.54) is 31.1 Å². The SMILES string of the molecule is CN(C)[C@H]1C(=O)C(C(N)=O)=C(O)C2(O)C(=O)C3=C(O)c4c(O)ccc(Cl)c4C(O)C3CC12. The first-order valence-electron chi connectivity index (χ1n) is 9.69. The van der Waals surface area contributed by atoms with E-state index in [2.05, 4.69) is 0 Å². The highest BCUT2D eigenvalue weighted by Gasteiger charge is 2.65. The number of rotatable bonds is 2. The monoisotopic (exact) mass is 464 g/mol. The van der Waals surface area contributed by atoms with Gasteiger partial charge in [-0.05, 0) is 32.6 Å². The van der Waals surface area contributed by atoms with E-state index in [9.17, 15) is 39.9 Å². The predicted octanol–water partition coefficient (Wildman–Crippen LogP) is 0.108. The van der Waals surface area contributed by atoms with Crippen molar-refractivity contribution in [3.8, 4) is 5.75 Å². The van der Waals surface area contributed by atoms with Crippen LogP contribution >= 0.6 is 11.6 Å². The third kappa shape index (κ3) is 2.61. The van der Waals surface area contributed by atoms with E-state index in [4.69, 9.17) is 17.3 Å². The number of primary amides is 1. The first-order chi connectivity index (χ1) is 14.8. The number of hydrogen-bond acceptors (Lipinski definition) is 9. The topological polar surface area (TPSA) is 182 Å². The highest BCUT2D eigenvalue weighted by atomic mass is 35.5. The van der Waals surface area contributed by atoms with E-state index in [0.29, 0.717) is 0 Å². The molecule has 170 valence electrons. The molecule has 3 aliphatic carbocycles. The molecule has 4 rings (SSSR count).